The van der Waals surface area contributed by atoms with Crippen molar-refractivity contribution in [3.8, 4) is 5.75 Å². The van der Waals surface area contributed by atoms with Gasteiger partial charge in [0.15, 0.2) is 11.4 Å². The Balaban J connectivity index is 1.85. The van der Waals surface area contributed by atoms with Gasteiger partial charge in [-0.2, -0.15) is 0 Å². The molecule has 0 atom stereocenters. The maximum atomic E-state index is 12.2. The average Bonchev–Trinajstić information content (AvgIpc) is 3.05. The Morgan fingerprint density at radius 3 is 2.37 bits per heavy atom. The summed E-state index contributed by atoms with van der Waals surface area (Å²) < 4.78 is 11.6. The van der Waals surface area contributed by atoms with Gasteiger partial charge in [-0.25, -0.2) is 9.79 Å². The second-order valence-corrected chi connectivity index (χ2v) is 7.94. The fourth-order valence-corrected chi connectivity index (χ4v) is 3.92. The summed E-state index contributed by atoms with van der Waals surface area (Å²) in [6, 6.07) is 10.2. The number of carbonyl (C=O) groups excluding carboxylic acids is 3. The first-order valence-corrected chi connectivity index (χ1v) is 10.5. The molecule has 2 aromatic rings. The minimum atomic E-state index is -0.579. The number of halogens is 2. The second-order valence-electron chi connectivity index (χ2n) is 6.24. The predicted molar refractivity (Wildman–Crippen MR) is 119 cm³/mol. The molecule has 9 heteroatoms. The number of rotatable bonds is 5. The quantitative estimate of drug-likeness (QED) is 0.336. The molecular weight excluding hydrogens is 520 g/mol. The molecule has 1 amide bonds. The van der Waals surface area contributed by atoms with Gasteiger partial charge in [-0.1, -0.05) is 6.92 Å². The molecule has 0 aromatic heterocycles. The van der Waals surface area contributed by atoms with Gasteiger partial charge < -0.3 is 14.8 Å². The molecule has 0 saturated carbocycles. The summed E-state index contributed by atoms with van der Waals surface area (Å²) in [4.78, 5) is 39.2. The minimum absolute atomic E-state index is 0.132. The number of hydrogen-bond acceptors (Lipinski definition) is 6. The number of carbonyl (C=O) groups is 3. The van der Waals surface area contributed by atoms with Gasteiger partial charge in [0, 0.05) is 24.6 Å². The van der Waals surface area contributed by atoms with Crippen LogP contribution in [0.25, 0.3) is 6.08 Å². The monoisotopic (exact) mass is 534 g/mol. The van der Waals surface area contributed by atoms with E-state index in [9.17, 15) is 14.4 Å². The van der Waals surface area contributed by atoms with Crippen LogP contribution < -0.4 is 10.1 Å². The molecule has 0 aliphatic carbocycles. The van der Waals surface area contributed by atoms with E-state index in [4.69, 9.17) is 9.47 Å². The molecule has 1 aliphatic rings. The second kappa shape index (κ2) is 9.36. The number of ether oxygens (including phenoxy) is 2. The van der Waals surface area contributed by atoms with Crippen LogP contribution in [-0.2, 0) is 19.1 Å². The molecule has 0 unspecified atom stereocenters. The zero-order valence-corrected chi connectivity index (χ0v) is 19.2. The van der Waals surface area contributed by atoms with Gasteiger partial charge in [-0.15, -0.1) is 0 Å². The van der Waals surface area contributed by atoms with E-state index in [0.717, 1.165) is 0 Å². The van der Waals surface area contributed by atoms with E-state index in [1.807, 2.05) is 0 Å². The summed E-state index contributed by atoms with van der Waals surface area (Å²) in [7, 11) is 0. The van der Waals surface area contributed by atoms with E-state index in [1.165, 1.54) is 6.92 Å². The van der Waals surface area contributed by atoms with Crippen LogP contribution in [0.4, 0.5) is 5.69 Å². The van der Waals surface area contributed by atoms with Crippen molar-refractivity contribution in [3.05, 3.63) is 62.2 Å². The first kappa shape index (κ1) is 21.9. The lowest BCUT2D eigenvalue weighted by Gasteiger charge is -2.09. The van der Waals surface area contributed by atoms with Crippen LogP contribution in [0, 0.1) is 0 Å². The van der Waals surface area contributed by atoms with Gasteiger partial charge in [0.05, 0.1) is 8.95 Å². The molecule has 3 rings (SSSR count). The smallest absolute Gasteiger partial charge is 0.363 e. The van der Waals surface area contributed by atoms with Crippen LogP contribution in [-0.4, -0.2) is 23.7 Å². The molecule has 0 spiro atoms. The Bertz CT molecular complexity index is 1070. The Kier molecular flexibility index (Phi) is 6.84. The van der Waals surface area contributed by atoms with Crippen molar-refractivity contribution < 1.29 is 23.9 Å². The normalized spacial score (nSPS) is 14.3. The topological polar surface area (TPSA) is 94.1 Å². The number of benzene rings is 2. The van der Waals surface area contributed by atoms with Gasteiger partial charge in [0.2, 0.25) is 11.8 Å². The Hall–Kier alpha value is -2.78. The maximum Gasteiger partial charge on any atom is 0.363 e. The van der Waals surface area contributed by atoms with Gasteiger partial charge in [0.1, 0.15) is 0 Å². The summed E-state index contributed by atoms with van der Waals surface area (Å²) in [5, 5.41) is 2.67. The van der Waals surface area contributed by atoms with Crippen LogP contribution in [0.5, 0.6) is 5.75 Å². The number of anilines is 1. The molecule has 0 fully saturated rings. The molecule has 7 nitrogen and oxygen atoms in total. The molecule has 1 heterocycles. The molecule has 1 aliphatic heterocycles. The summed E-state index contributed by atoms with van der Waals surface area (Å²) >= 11 is 6.75. The van der Waals surface area contributed by atoms with E-state index in [1.54, 1.807) is 49.4 Å². The SMILES string of the molecule is CCC(=O)Oc1c(Br)cc(/C=C2\N=C(c3ccc(NC(C)=O)cc3)OC2=O)cc1Br. The van der Waals surface area contributed by atoms with E-state index in [-0.39, 0.29) is 29.9 Å². The number of nitrogens with one attached hydrogen (secondary N) is 1. The first-order valence-electron chi connectivity index (χ1n) is 8.87. The first-order chi connectivity index (χ1) is 14.3. The predicted octanol–water partition coefficient (Wildman–Crippen LogP) is 4.83. The van der Waals surface area contributed by atoms with Gasteiger partial charge in [-0.05, 0) is 79.9 Å². The van der Waals surface area contributed by atoms with Crippen LogP contribution >= 0.6 is 31.9 Å². The van der Waals surface area contributed by atoms with E-state index in [2.05, 4.69) is 42.2 Å². The highest BCUT2D eigenvalue weighted by molar-refractivity contribution is 9.11. The number of hydrogen-bond donors (Lipinski definition) is 1. The van der Waals surface area contributed by atoms with Crippen molar-refractivity contribution in [3.63, 3.8) is 0 Å². The zero-order valence-electron chi connectivity index (χ0n) is 16.0. The maximum absolute atomic E-state index is 12.2. The van der Waals surface area contributed by atoms with Gasteiger partial charge >= 0.3 is 11.9 Å². The Morgan fingerprint density at radius 1 is 1.17 bits per heavy atom. The molecule has 0 radical (unpaired) electrons. The van der Waals surface area contributed by atoms with Crippen LogP contribution in [0.2, 0.25) is 0 Å². The van der Waals surface area contributed by atoms with Crippen molar-refractivity contribution in [1.29, 1.82) is 0 Å². The van der Waals surface area contributed by atoms with Crippen molar-refractivity contribution >= 4 is 67.4 Å². The van der Waals surface area contributed by atoms with E-state index >= 15 is 0 Å². The third-order valence-corrected chi connectivity index (χ3v) is 5.08. The number of esters is 2. The fraction of sp³-hybridized carbons (Fsp3) is 0.143. The molecule has 2 aromatic carbocycles. The van der Waals surface area contributed by atoms with Crippen molar-refractivity contribution in [2.24, 2.45) is 4.99 Å². The summed E-state index contributed by atoms with van der Waals surface area (Å²) in [6.45, 7) is 3.13. The van der Waals surface area contributed by atoms with Crippen LogP contribution in [0.15, 0.2) is 56.0 Å². The van der Waals surface area contributed by atoms with E-state index in [0.29, 0.717) is 31.5 Å². The van der Waals surface area contributed by atoms with Crippen LogP contribution in [0.3, 0.4) is 0 Å². The van der Waals surface area contributed by atoms with Gasteiger partial charge in [-0.3, -0.25) is 9.59 Å². The number of amides is 1. The largest absolute Gasteiger partial charge is 0.424 e. The van der Waals surface area contributed by atoms with Crippen LogP contribution in [0.1, 0.15) is 31.4 Å². The number of aliphatic imine (C=N–C) groups is 1. The number of cyclic esters (lactones) is 1. The molecule has 1 N–H and O–H groups in total. The number of nitrogens with zero attached hydrogens (tertiary/aromatic N) is 1. The zero-order chi connectivity index (χ0) is 21.8. The fourth-order valence-electron chi connectivity index (χ4n) is 2.54. The highest BCUT2D eigenvalue weighted by Crippen LogP contribution is 2.36. The third-order valence-electron chi connectivity index (χ3n) is 3.90. The molecule has 0 bridgehead atoms. The lowest BCUT2D eigenvalue weighted by atomic mass is 10.2. The van der Waals surface area contributed by atoms with Crippen molar-refractivity contribution in [2.45, 2.75) is 20.3 Å². The van der Waals surface area contributed by atoms with Gasteiger partial charge in [0.25, 0.3) is 0 Å². The summed E-state index contributed by atoms with van der Waals surface area (Å²) in [6.07, 6.45) is 1.82. The average molecular weight is 536 g/mol. The van der Waals surface area contributed by atoms with Crippen molar-refractivity contribution in [2.75, 3.05) is 5.32 Å². The Morgan fingerprint density at radius 2 is 1.80 bits per heavy atom. The summed E-state index contributed by atoms with van der Waals surface area (Å²) in [5.74, 6) is -0.579. The minimum Gasteiger partial charge on any atom is -0.424 e. The lowest BCUT2D eigenvalue weighted by molar-refractivity contribution is -0.134. The standard InChI is InChI=1S/C21H16Br2N2O5/c1-3-18(27)29-19-15(22)8-12(9-16(19)23)10-17-21(28)30-20(25-17)13-4-6-14(7-5-13)24-11(2)26/h4-10H,3H2,1-2H3,(H,24,26)/b17-10-. The molecule has 30 heavy (non-hydrogen) atoms. The lowest BCUT2D eigenvalue weighted by Crippen LogP contribution is -2.07. The highest BCUT2D eigenvalue weighted by Gasteiger charge is 2.24. The molecular formula is C21H16Br2N2O5. The van der Waals surface area contributed by atoms with E-state index < -0.39 is 5.97 Å². The highest BCUT2D eigenvalue weighted by atomic mass is 79.9. The molecule has 0 saturated heterocycles. The summed E-state index contributed by atoms with van der Waals surface area (Å²) in [5.41, 5.74) is 2.02. The third kappa shape index (κ3) is 5.22. The Labute approximate surface area is 189 Å². The molecule has 154 valence electrons. The van der Waals surface area contributed by atoms with Crippen molar-refractivity contribution in [1.82, 2.24) is 0 Å².